The van der Waals surface area contributed by atoms with Crippen molar-refractivity contribution < 1.29 is 13.6 Å². The highest BCUT2D eigenvalue weighted by molar-refractivity contribution is 5.78. The molecule has 3 aliphatic rings. The monoisotopic (exact) mass is 426 g/mol. The summed E-state index contributed by atoms with van der Waals surface area (Å²) < 4.78 is 28.5. The van der Waals surface area contributed by atoms with Gasteiger partial charge in [0.15, 0.2) is 0 Å². The zero-order chi connectivity index (χ0) is 21.5. The summed E-state index contributed by atoms with van der Waals surface area (Å²) in [4.78, 5) is 16.2. The van der Waals surface area contributed by atoms with Crippen LogP contribution in [-0.4, -0.2) is 49.1 Å². The van der Waals surface area contributed by atoms with E-state index in [-0.39, 0.29) is 29.6 Å². The van der Waals surface area contributed by atoms with Crippen LogP contribution < -0.4 is 15.5 Å². The van der Waals surface area contributed by atoms with Crippen LogP contribution in [0, 0.1) is 18.6 Å². The van der Waals surface area contributed by atoms with Crippen molar-refractivity contribution in [2.45, 2.75) is 44.7 Å². The van der Waals surface area contributed by atoms with E-state index in [0.29, 0.717) is 25.1 Å². The molecule has 3 heterocycles. The summed E-state index contributed by atoms with van der Waals surface area (Å²) in [6.45, 7) is 4.94. The minimum absolute atomic E-state index is 0.0506. The van der Waals surface area contributed by atoms with Crippen LogP contribution in [0.3, 0.4) is 0 Å². The van der Waals surface area contributed by atoms with Gasteiger partial charge >= 0.3 is 0 Å². The minimum Gasteiger partial charge on any atom is -0.383 e. The maximum atomic E-state index is 14.4. The van der Waals surface area contributed by atoms with Crippen molar-refractivity contribution >= 4 is 23.0 Å². The second-order valence-corrected chi connectivity index (χ2v) is 8.92. The van der Waals surface area contributed by atoms with Crippen molar-refractivity contribution in [3.8, 4) is 0 Å². The Balaban J connectivity index is 1.23. The third-order valence-corrected chi connectivity index (χ3v) is 6.78. The molecule has 0 radical (unpaired) electrons. The summed E-state index contributed by atoms with van der Waals surface area (Å²) >= 11 is 0. The largest absolute Gasteiger partial charge is 0.383 e. The molecule has 0 aromatic heterocycles. The molecule has 0 spiro atoms. The normalized spacial score (nSPS) is 22.7. The van der Waals surface area contributed by atoms with Crippen LogP contribution in [0.15, 0.2) is 30.3 Å². The third-order valence-electron chi connectivity index (χ3n) is 6.78. The number of carbonyl (C=O) groups is 1. The van der Waals surface area contributed by atoms with Crippen LogP contribution in [0.5, 0.6) is 0 Å². The molecule has 2 atom stereocenters. The average molecular weight is 427 g/mol. The van der Waals surface area contributed by atoms with E-state index in [1.165, 1.54) is 12.1 Å². The third kappa shape index (κ3) is 3.93. The number of halogens is 2. The molecule has 31 heavy (non-hydrogen) atoms. The predicted octanol–water partition coefficient (Wildman–Crippen LogP) is 3.92. The lowest BCUT2D eigenvalue weighted by Gasteiger charge is -2.25. The lowest BCUT2D eigenvalue weighted by atomic mass is 10.1. The highest BCUT2D eigenvalue weighted by Gasteiger charge is 2.33. The fourth-order valence-corrected chi connectivity index (χ4v) is 5.15. The number of carbonyl (C=O) groups excluding carboxylic acids is 1. The Morgan fingerprint density at radius 1 is 1.19 bits per heavy atom. The first-order valence-electron chi connectivity index (χ1n) is 11.1. The number of hydrogen-bond acceptors (Lipinski definition) is 4. The maximum absolute atomic E-state index is 14.4. The molecule has 0 saturated carbocycles. The van der Waals surface area contributed by atoms with Crippen molar-refractivity contribution in [3.05, 3.63) is 53.1 Å². The molecule has 1 unspecified atom stereocenters. The Morgan fingerprint density at radius 2 is 2.06 bits per heavy atom. The van der Waals surface area contributed by atoms with Crippen molar-refractivity contribution in [3.63, 3.8) is 0 Å². The standard InChI is InChI=1S/C24H28F2N4O/c1-15-4-5-22(26)21-12-18(28-24(15)21)13-27-17-9-16(25)10-20(11-17)29-8-6-19(14-29)30-7-2-3-23(30)31/h4-5,9-11,18-19,27-28H,2-3,6-8,12-14H2,1H3/t18?,19-/m1/s1. The molecule has 2 aromatic rings. The Hall–Kier alpha value is -2.83. The Labute approximate surface area is 181 Å². The van der Waals surface area contributed by atoms with Gasteiger partial charge in [0.25, 0.3) is 0 Å². The van der Waals surface area contributed by atoms with E-state index in [4.69, 9.17) is 0 Å². The van der Waals surface area contributed by atoms with Gasteiger partial charge in [-0.25, -0.2) is 8.78 Å². The second kappa shape index (κ2) is 8.02. The highest BCUT2D eigenvalue weighted by Crippen LogP contribution is 2.32. The highest BCUT2D eigenvalue weighted by atomic mass is 19.1. The predicted molar refractivity (Wildman–Crippen MR) is 119 cm³/mol. The van der Waals surface area contributed by atoms with Gasteiger partial charge in [-0.15, -0.1) is 0 Å². The Kier molecular flexibility index (Phi) is 5.20. The van der Waals surface area contributed by atoms with E-state index in [0.717, 1.165) is 55.0 Å². The van der Waals surface area contributed by atoms with Crippen molar-refractivity contribution in [1.29, 1.82) is 0 Å². The van der Waals surface area contributed by atoms with Crippen LogP contribution in [0.4, 0.5) is 25.8 Å². The SMILES string of the molecule is Cc1ccc(F)c2c1NC(CNc1cc(F)cc(N3CC[C@@H](N4CCCC4=O)C3)c1)C2. The number of nitrogens with one attached hydrogen (secondary N) is 2. The molecule has 0 aliphatic carbocycles. The number of benzene rings is 2. The lowest BCUT2D eigenvalue weighted by molar-refractivity contribution is -0.129. The molecule has 3 aliphatic heterocycles. The number of rotatable bonds is 5. The quantitative estimate of drug-likeness (QED) is 0.761. The molecule has 2 saturated heterocycles. The summed E-state index contributed by atoms with van der Waals surface area (Å²) in [6.07, 6.45) is 3.11. The number of nitrogens with zero attached hydrogens (tertiary/aromatic N) is 2. The number of fused-ring (bicyclic) bond motifs is 1. The average Bonchev–Trinajstić information content (AvgIpc) is 3.48. The van der Waals surface area contributed by atoms with Gasteiger partial charge in [0.2, 0.25) is 5.91 Å². The Bertz CT molecular complexity index is 980. The smallest absolute Gasteiger partial charge is 0.222 e. The van der Waals surface area contributed by atoms with Crippen molar-refractivity contribution in [2.75, 3.05) is 41.7 Å². The number of aryl methyl sites for hydroxylation is 1. The fraction of sp³-hybridized carbons (Fsp3) is 0.458. The molecule has 2 N–H and O–H groups in total. The molecule has 2 fully saturated rings. The summed E-state index contributed by atoms with van der Waals surface area (Å²) in [6, 6.07) is 8.59. The molecule has 5 nitrogen and oxygen atoms in total. The molecule has 7 heteroatoms. The zero-order valence-corrected chi connectivity index (χ0v) is 17.8. The van der Waals surface area contributed by atoms with Gasteiger partial charge in [-0.1, -0.05) is 6.07 Å². The van der Waals surface area contributed by atoms with Gasteiger partial charge in [0, 0.05) is 61.3 Å². The first kappa shape index (κ1) is 20.1. The van der Waals surface area contributed by atoms with Gasteiger partial charge in [0.05, 0.1) is 6.04 Å². The second-order valence-electron chi connectivity index (χ2n) is 8.92. The van der Waals surface area contributed by atoms with E-state index in [9.17, 15) is 13.6 Å². The van der Waals surface area contributed by atoms with Crippen LogP contribution >= 0.6 is 0 Å². The molecule has 0 bridgehead atoms. The summed E-state index contributed by atoms with van der Waals surface area (Å²) in [5, 5.41) is 6.72. The molecule has 5 rings (SSSR count). The number of amides is 1. The van der Waals surface area contributed by atoms with E-state index in [2.05, 4.69) is 15.5 Å². The van der Waals surface area contributed by atoms with Crippen LogP contribution in [0.1, 0.15) is 30.4 Å². The van der Waals surface area contributed by atoms with Crippen LogP contribution in [0.2, 0.25) is 0 Å². The van der Waals surface area contributed by atoms with Gasteiger partial charge in [-0.3, -0.25) is 4.79 Å². The minimum atomic E-state index is -0.287. The van der Waals surface area contributed by atoms with E-state index in [1.807, 2.05) is 17.9 Å². The van der Waals surface area contributed by atoms with Gasteiger partial charge < -0.3 is 20.4 Å². The van der Waals surface area contributed by atoms with E-state index < -0.39 is 0 Å². The van der Waals surface area contributed by atoms with Crippen molar-refractivity contribution in [1.82, 2.24) is 4.90 Å². The first-order chi connectivity index (χ1) is 15.0. The Morgan fingerprint density at radius 3 is 2.84 bits per heavy atom. The molecular formula is C24H28F2N4O. The van der Waals surface area contributed by atoms with Gasteiger partial charge in [-0.05, 0) is 56.0 Å². The number of anilines is 3. The summed E-state index contributed by atoms with van der Waals surface area (Å²) in [5.41, 5.74) is 4.19. The fourth-order valence-electron chi connectivity index (χ4n) is 5.15. The van der Waals surface area contributed by atoms with E-state index in [1.54, 1.807) is 12.1 Å². The van der Waals surface area contributed by atoms with E-state index >= 15 is 0 Å². The molecule has 164 valence electrons. The first-order valence-corrected chi connectivity index (χ1v) is 11.1. The van der Waals surface area contributed by atoms with Crippen LogP contribution in [-0.2, 0) is 11.2 Å². The zero-order valence-electron chi connectivity index (χ0n) is 17.8. The topological polar surface area (TPSA) is 47.6 Å². The number of hydrogen-bond donors (Lipinski definition) is 2. The van der Waals surface area contributed by atoms with Gasteiger partial charge in [-0.2, -0.15) is 0 Å². The molecule has 2 aromatic carbocycles. The molecular weight excluding hydrogens is 398 g/mol. The van der Waals surface area contributed by atoms with Crippen molar-refractivity contribution in [2.24, 2.45) is 0 Å². The summed E-state index contributed by atoms with van der Waals surface area (Å²) in [5.74, 6) is -0.223. The van der Waals surface area contributed by atoms with Gasteiger partial charge in [0.1, 0.15) is 11.6 Å². The molecule has 1 amide bonds. The number of likely N-dealkylation sites (tertiary alicyclic amines) is 1. The maximum Gasteiger partial charge on any atom is 0.222 e. The lowest BCUT2D eigenvalue weighted by Crippen LogP contribution is -2.38. The summed E-state index contributed by atoms with van der Waals surface area (Å²) in [7, 11) is 0. The van der Waals surface area contributed by atoms with Crippen LogP contribution in [0.25, 0.3) is 0 Å².